The number of benzene rings is 1. The summed E-state index contributed by atoms with van der Waals surface area (Å²) in [4.78, 5) is 24.3. The first-order chi connectivity index (χ1) is 14.9. The van der Waals surface area contributed by atoms with Gasteiger partial charge in [-0.3, -0.25) is 9.48 Å². The fourth-order valence-electron chi connectivity index (χ4n) is 3.29. The molecule has 10 heteroatoms. The third-order valence-electron chi connectivity index (χ3n) is 4.80. The topological polar surface area (TPSA) is 110 Å². The molecule has 3 N–H and O–H groups in total. The van der Waals surface area contributed by atoms with Crippen molar-refractivity contribution in [2.45, 2.75) is 18.7 Å². The van der Waals surface area contributed by atoms with Crippen molar-refractivity contribution in [2.24, 2.45) is 7.05 Å². The summed E-state index contributed by atoms with van der Waals surface area (Å²) in [5.74, 6) is 0.777. The molecule has 1 atom stereocenters. The molecular formula is C21H22BrN7O2. The maximum atomic E-state index is 12.1. The summed E-state index contributed by atoms with van der Waals surface area (Å²) in [5, 5.41) is 11.3. The van der Waals surface area contributed by atoms with Crippen LogP contribution in [-0.2, 0) is 11.8 Å². The van der Waals surface area contributed by atoms with E-state index in [0.717, 1.165) is 27.7 Å². The predicted octanol–water partition coefficient (Wildman–Crippen LogP) is 4.14. The van der Waals surface area contributed by atoms with Crippen LogP contribution >= 0.6 is 15.9 Å². The van der Waals surface area contributed by atoms with Crippen molar-refractivity contribution in [3.8, 4) is 17.1 Å². The van der Waals surface area contributed by atoms with Crippen LogP contribution in [0.3, 0.4) is 0 Å². The van der Waals surface area contributed by atoms with Gasteiger partial charge in [-0.25, -0.2) is 9.97 Å². The number of nitrogens with zero attached hydrogens (tertiary/aromatic N) is 4. The average Bonchev–Trinajstić information content (AvgIpc) is 3.33. The van der Waals surface area contributed by atoms with Crippen LogP contribution in [-0.4, -0.2) is 42.6 Å². The van der Waals surface area contributed by atoms with Gasteiger partial charge in [0, 0.05) is 30.4 Å². The number of rotatable bonds is 6. The first-order valence-corrected chi connectivity index (χ1v) is 10.5. The molecule has 0 bridgehead atoms. The SMILES string of the molecule is COc1nn(C)cc1Nc1ncc(C)c(-c2c[nH]c3c(NC(=O)C(C)Br)cccc23)n1. The van der Waals surface area contributed by atoms with Crippen LogP contribution in [0.2, 0.25) is 0 Å². The van der Waals surface area contributed by atoms with E-state index >= 15 is 0 Å². The first kappa shape index (κ1) is 20.9. The van der Waals surface area contributed by atoms with Crippen molar-refractivity contribution in [3.63, 3.8) is 0 Å². The first-order valence-electron chi connectivity index (χ1n) is 9.61. The van der Waals surface area contributed by atoms with Crippen LogP contribution < -0.4 is 15.4 Å². The number of halogens is 1. The fourth-order valence-corrected chi connectivity index (χ4v) is 3.40. The number of aromatic amines is 1. The fraction of sp³-hybridized carbons (Fsp3) is 0.238. The van der Waals surface area contributed by atoms with Gasteiger partial charge in [0.25, 0.3) is 5.88 Å². The second-order valence-corrected chi connectivity index (χ2v) is 8.49. The second kappa shape index (κ2) is 8.38. The van der Waals surface area contributed by atoms with Crippen molar-refractivity contribution in [1.82, 2.24) is 24.7 Å². The molecule has 4 aromatic rings. The van der Waals surface area contributed by atoms with Crippen LogP contribution in [0.25, 0.3) is 22.2 Å². The number of aromatic nitrogens is 5. The number of hydrogen-bond donors (Lipinski definition) is 3. The summed E-state index contributed by atoms with van der Waals surface area (Å²) < 4.78 is 6.94. The number of H-pyrrole nitrogens is 1. The molecule has 160 valence electrons. The van der Waals surface area contributed by atoms with Gasteiger partial charge in [0.15, 0.2) is 0 Å². The molecule has 0 fully saturated rings. The smallest absolute Gasteiger partial charge is 0.256 e. The number of fused-ring (bicyclic) bond motifs is 1. The van der Waals surface area contributed by atoms with E-state index < -0.39 is 0 Å². The quantitative estimate of drug-likeness (QED) is 0.355. The molecule has 0 saturated carbocycles. The van der Waals surface area contributed by atoms with Gasteiger partial charge >= 0.3 is 0 Å². The Morgan fingerprint density at radius 1 is 1.32 bits per heavy atom. The van der Waals surface area contributed by atoms with Gasteiger partial charge < -0.3 is 20.4 Å². The van der Waals surface area contributed by atoms with Crippen LogP contribution in [0.4, 0.5) is 17.3 Å². The van der Waals surface area contributed by atoms with E-state index in [-0.39, 0.29) is 10.7 Å². The van der Waals surface area contributed by atoms with E-state index in [4.69, 9.17) is 9.72 Å². The van der Waals surface area contributed by atoms with E-state index in [1.54, 1.807) is 31.1 Å². The summed E-state index contributed by atoms with van der Waals surface area (Å²) in [5.41, 5.74) is 4.84. The molecule has 1 unspecified atom stereocenters. The normalized spacial score (nSPS) is 12.0. The van der Waals surface area contributed by atoms with Crippen molar-refractivity contribution < 1.29 is 9.53 Å². The minimum absolute atomic E-state index is 0.112. The molecule has 1 aromatic carbocycles. The van der Waals surface area contributed by atoms with E-state index in [0.29, 0.717) is 23.2 Å². The van der Waals surface area contributed by atoms with Gasteiger partial charge in [-0.1, -0.05) is 28.1 Å². The number of para-hydroxylation sites is 1. The minimum Gasteiger partial charge on any atom is -0.478 e. The Labute approximate surface area is 187 Å². The highest BCUT2D eigenvalue weighted by molar-refractivity contribution is 9.10. The van der Waals surface area contributed by atoms with Crippen LogP contribution in [0.1, 0.15) is 12.5 Å². The Balaban J connectivity index is 1.73. The molecule has 1 amide bonds. The second-order valence-electron chi connectivity index (χ2n) is 7.11. The zero-order valence-electron chi connectivity index (χ0n) is 17.5. The minimum atomic E-state index is -0.292. The lowest BCUT2D eigenvalue weighted by Crippen LogP contribution is -2.19. The number of carbonyl (C=O) groups is 1. The number of aryl methyl sites for hydroxylation is 2. The molecule has 0 aliphatic carbocycles. The number of anilines is 3. The van der Waals surface area contributed by atoms with Crippen LogP contribution in [0.15, 0.2) is 36.8 Å². The summed E-state index contributed by atoms with van der Waals surface area (Å²) in [6.07, 6.45) is 5.46. The molecule has 0 saturated heterocycles. The molecule has 9 nitrogen and oxygen atoms in total. The van der Waals surface area contributed by atoms with Gasteiger partial charge in [-0.15, -0.1) is 5.10 Å². The van der Waals surface area contributed by atoms with Crippen LogP contribution in [0.5, 0.6) is 5.88 Å². The Morgan fingerprint density at radius 3 is 2.87 bits per heavy atom. The molecule has 3 aromatic heterocycles. The number of amides is 1. The molecule has 0 aliphatic heterocycles. The predicted molar refractivity (Wildman–Crippen MR) is 124 cm³/mol. The molecule has 3 heterocycles. The molecule has 0 radical (unpaired) electrons. The monoisotopic (exact) mass is 483 g/mol. The average molecular weight is 484 g/mol. The molecule has 31 heavy (non-hydrogen) atoms. The maximum Gasteiger partial charge on any atom is 0.256 e. The van der Waals surface area contributed by atoms with E-state index in [2.05, 4.69) is 41.6 Å². The van der Waals surface area contributed by atoms with Gasteiger partial charge in [-0.2, -0.15) is 0 Å². The molecule has 4 rings (SSSR count). The largest absolute Gasteiger partial charge is 0.478 e. The maximum absolute atomic E-state index is 12.1. The van der Waals surface area contributed by atoms with Crippen LogP contribution in [0, 0.1) is 6.92 Å². The summed E-state index contributed by atoms with van der Waals surface area (Å²) >= 11 is 3.30. The Bertz CT molecular complexity index is 1260. The van der Waals surface area contributed by atoms with E-state index in [1.165, 1.54) is 0 Å². The number of hydrogen-bond acceptors (Lipinski definition) is 6. The lowest BCUT2D eigenvalue weighted by molar-refractivity contribution is -0.115. The molecule has 0 spiro atoms. The Kier molecular flexibility index (Phi) is 5.64. The highest BCUT2D eigenvalue weighted by atomic mass is 79.9. The van der Waals surface area contributed by atoms with Crippen molar-refractivity contribution in [2.75, 3.05) is 17.7 Å². The number of carbonyl (C=O) groups excluding carboxylic acids is 1. The zero-order chi connectivity index (χ0) is 22.1. The number of alkyl halides is 1. The standard InChI is InChI=1S/C21H22BrN7O2/c1-11-8-24-21(26-16-10-29(3)28-20(16)31-4)27-17(11)14-9-23-18-13(14)6-5-7-15(18)25-19(30)12(2)22/h5-10,12,23H,1-4H3,(H,25,30)(H,24,26,27). The number of nitrogens with one attached hydrogen (secondary N) is 3. The van der Waals surface area contributed by atoms with Gasteiger partial charge in [0.05, 0.1) is 35.0 Å². The third-order valence-corrected chi connectivity index (χ3v) is 5.21. The molecular weight excluding hydrogens is 462 g/mol. The lowest BCUT2D eigenvalue weighted by Gasteiger charge is -2.10. The summed E-state index contributed by atoms with van der Waals surface area (Å²) in [6, 6.07) is 5.77. The lowest BCUT2D eigenvalue weighted by atomic mass is 10.1. The van der Waals surface area contributed by atoms with E-state index in [1.807, 2.05) is 38.4 Å². The summed E-state index contributed by atoms with van der Waals surface area (Å²) in [6.45, 7) is 3.74. The van der Waals surface area contributed by atoms with Crippen molar-refractivity contribution in [3.05, 3.63) is 42.4 Å². The van der Waals surface area contributed by atoms with Gasteiger partial charge in [-0.05, 0) is 25.5 Å². The Hall–Kier alpha value is -3.40. The highest BCUT2D eigenvalue weighted by Gasteiger charge is 2.17. The van der Waals surface area contributed by atoms with Crippen molar-refractivity contribution >= 4 is 50.1 Å². The van der Waals surface area contributed by atoms with Gasteiger partial charge in [0.1, 0.15) is 5.69 Å². The Morgan fingerprint density at radius 2 is 2.13 bits per heavy atom. The zero-order valence-corrected chi connectivity index (χ0v) is 19.1. The third kappa shape index (κ3) is 4.11. The molecule has 0 aliphatic rings. The number of methoxy groups -OCH3 is 1. The van der Waals surface area contributed by atoms with E-state index in [9.17, 15) is 4.79 Å². The summed E-state index contributed by atoms with van der Waals surface area (Å²) in [7, 11) is 3.38. The number of ether oxygens (including phenoxy) is 1. The van der Waals surface area contributed by atoms with Crippen molar-refractivity contribution in [1.29, 1.82) is 0 Å². The van der Waals surface area contributed by atoms with Gasteiger partial charge in [0.2, 0.25) is 11.9 Å². The highest BCUT2D eigenvalue weighted by Crippen LogP contribution is 2.34.